The molecule has 0 N–H and O–H groups in total. The zero-order chi connectivity index (χ0) is 25.3. The summed E-state index contributed by atoms with van der Waals surface area (Å²) in [5.74, 6) is 0.0915. The topological polar surface area (TPSA) is 52.6 Å². The van der Waals surface area contributed by atoms with Crippen molar-refractivity contribution in [3.8, 4) is 0 Å². The van der Waals surface area contributed by atoms with E-state index in [2.05, 4.69) is 20.8 Å². The van der Waals surface area contributed by atoms with Gasteiger partial charge in [0.15, 0.2) is 0 Å². The summed E-state index contributed by atoms with van der Waals surface area (Å²) in [5.41, 5.74) is 0. The Morgan fingerprint density at radius 3 is 1.47 bits per heavy atom. The SMILES string of the molecule is CCCCCCCCCCCCCCCCCCOC(=O)CCC(=O)OC(C)CCCC(C)C. The van der Waals surface area contributed by atoms with E-state index in [0.717, 1.165) is 32.1 Å². The van der Waals surface area contributed by atoms with Gasteiger partial charge in [0.05, 0.1) is 25.6 Å². The second-order valence-electron chi connectivity index (χ2n) is 10.6. The Balaban J connectivity index is 3.35. The number of carbonyl (C=O) groups excluding carboxylic acids is 2. The summed E-state index contributed by atoms with van der Waals surface area (Å²) in [7, 11) is 0. The molecule has 4 nitrogen and oxygen atoms in total. The number of esters is 2. The molecule has 0 saturated heterocycles. The van der Waals surface area contributed by atoms with Gasteiger partial charge in [0.2, 0.25) is 0 Å². The fourth-order valence-corrected chi connectivity index (χ4v) is 4.27. The quantitative estimate of drug-likeness (QED) is 0.0960. The molecule has 4 heteroatoms. The van der Waals surface area contributed by atoms with Crippen molar-refractivity contribution in [3.63, 3.8) is 0 Å². The Labute approximate surface area is 212 Å². The van der Waals surface area contributed by atoms with Crippen LogP contribution in [0.1, 0.15) is 163 Å². The highest BCUT2D eigenvalue weighted by atomic mass is 16.5. The molecule has 0 aliphatic heterocycles. The summed E-state index contributed by atoms with van der Waals surface area (Å²) in [6.45, 7) is 9.06. The molecule has 0 aromatic carbocycles. The Morgan fingerprint density at radius 2 is 1.00 bits per heavy atom. The van der Waals surface area contributed by atoms with Gasteiger partial charge in [0.25, 0.3) is 0 Å². The highest BCUT2D eigenvalue weighted by Crippen LogP contribution is 2.14. The van der Waals surface area contributed by atoms with E-state index in [9.17, 15) is 9.59 Å². The highest BCUT2D eigenvalue weighted by molar-refractivity contribution is 5.77. The molecule has 34 heavy (non-hydrogen) atoms. The van der Waals surface area contributed by atoms with Gasteiger partial charge in [-0.1, -0.05) is 124 Å². The van der Waals surface area contributed by atoms with Crippen LogP contribution >= 0.6 is 0 Å². The van der Waals surface area contributed by atoms with Gasteiger partial charge in [0, 0.05) is 0 Å². The van der Waals surface area contributed by atoms with Gasteiger partial charge in [-0.15, -0.1) is 0 Å². The molecule has 0 spiro atoms. The zero-order valence-corrected chi connectivity index (χ0v) is 23.3. The van der Waals surface area contributed by atoms with Crippen LogP contribution in [-0.2, 0) is 19.1 Å². The van der Waals surface area contributed by atoms with Crippen molar-refractivity contribution in [1.29, 1.82) is 0 Å². The van der Waals surface area contributed by atoms with Gasteiger partial charge in [0.1, 0.15) is 0 Å². The molecule has 0 aromatic heterocycles. The lowest BCUT2D eigenvalue weighted by Gasteiger charge is -2.13. The van der Waals surface area contributed by atoms with Crippen LogP contribution in [0.3, 0.4) is 0 Å². The molecule has 0 rings (SSSR count). The standard InChI is InChI=1S/C30H58O4/c1-5-6-7-8-9-10-11-12-13-14-15-16-17-18-19-20-26-33-29(31)24-25-30(32)34-28(4)23-21-22-27(2)3/h27-28H,5-26H2,1-4H3. The number of rotatable bonds is 25. The maximum absolute atomic E-state index is 11.9. The molecule has 0 aliphatic carbocycles. The predicted molar refractivity (Wildman–Crippen MR) is 144 cm³/mol. The first kappa shape index (κ1) is 32.9. The number of carbonyl (C=O) groups is 2. The molecule has 0 heterocycles. The van der Waals surface area contributed by atoms with Gasteiger partial charge >= 0.3 is 11.9 Å². The maximum Gasteiger partial charge on any atom is 0.306 e. The third-order valence-electron chi connectivity index (χ3n) is 6.52. The average molecular weight is 483 g/mol. The summed E-state index contributed by atoms with van der Waals surface area (Å²) in [4.78, 5) is 23.7. The maximum atomic E-state index is 11.9. The fraction of sp³-hybridized carbons (Fsp3) is 0.933. The van der Waals surface area contributed by atoms with Crippen molar-refractivity contribution in [2.45, 2.75) is 169 Å². The molecular formula is C30H58O4. The number of hydrogen-bond acceptors (Lipinski definition) is 4. The molecule has 0 aromatic rings. The molecule has 0 bridgehead atoms. The van der Waals surface area contributed by atoms with Crippen molar-refractivity contribution in [2.24, 2.45) is 5.92 Å². The molecule has 202 valence electrons. The molecular weight excluding hydrogens is 424 g/mol. The first-order valence-corrected chi connectivity index (χ1v) is 14.8. The van der Waals surface area contributed by atoms with Crippen molar-refractivity contribution < 1.29 is 19.1 Å². The molecule has 0 saturated carbocycles. The summed E-state index contributed by atoms with van der Waals surface area (Å²) in [5, 5.41) is 0. The number of unbranched alkanes of at least 4 members (excludes halogenated alkanes) is 15. The smallest absolute Gasteiger partial charge is 0.306 e. The predicted octanol–water partition coefficient (Wildman–Crippen LogP) is 9.33. The Bertz CT molecular complexity index is 461. The van der Waals surface area contributed by atoms with E-state index in [-0.39, 0.29) is 30.9 Å². The lowest BCUT2D eigenvalue weighted by molar-refractivity contribution is -0.153. The molecule has 0 aliphatic rings. The van der Waals surface area contributed by atoms with Crippen LogP contribution in [0.15, 0.2) is 0 Å². The molecule has 1 atom stereocenters. The molecule has 0 fully saturated rings. The molecule has 1 unspecified atom stereocenters. The van der Waals surface area contributed by atoms with Crippen LogP contribution in [0.4, 0.5) is 0 Å². The minimum absolute atomic E-state index is 0.0765. The Kier molecular flexibility index (Phi) is 24.3. The highest BCUT2D eigenvalue weighted by Gasteiger charge is 2.12. The monoisotopic (exact) mass is 482 g/mol. The zero-order valence-electron chi connectivity index (χ0n) is 23.3. The lowest BCUT2D eigenvalue weighted by Crippen LogP contribution is -2.16. The van der Waals surface area contributed by atoms with Crippen LogP contribution in [0.25, 0.3) is 0 Å². The minimum atomic E-state index is -0.295. The van der Waals surface area contributed by atoms with E-state index < -0.39 is 0 Å². The van der Waals surface area contributed by atoms with Crippen LogP contribution in [0, 0.1) is 5.92 Å². The molecule has 0 radical (unpaired) electrons. The molecule has 0 amide bonds. The van der Waals surface area contributed by atoms with Crippen molar-refractivity contribution in [2.75, 3.05) is 6.61 Å². The van der Waals surface area contributed by atoms with Gasteiger partial charge in [-0.05, 0) is 32.1 Å². The normalized spacial score (nSPS) is 12.1. The van der Waals surface area contributed by atoms with Crippen molar-refractivity contribution in [1.82, 2.24) is 0 Å². The van der Waals surface area contributed by atoms with Gasteiger partial charge in [-0.25, -0.2) is 0 Å². The van der Waals surface area contributed by atoms with E-state index >= 15 is 0 Å². The van der Waals surface area contributed by atoms with Crippen LogP contribution in [0.2, 0.25) is 0 Å². The van der Waals surface area contributed by atoms with Crippen LogP contribution < -0.4 is 0 Å². The van der Waals surface area contributed by atoms with Crippen molar-refractivity contribution >= 4 is 11.9 Å². The Morgan fingerprint density at radius 1 is 0.559 bits per heavy atom. The van der Waals surface area contributed by atoms with Gasteiger partial charge in [-0.2, -0.15) is 0 Å². The fourth-order valence-electron chi connectivity index (χ4n) is 4.27. The summed E-state index contributed by atoms with van der Waals surface area (Å²) >= 11 is 0. The number of hydrogen-bond donors (Lipinski definition) is 0. The van der Waals surface area contributed by atoms with Gasteiger partial charge in [-0.3, -0.25) is 9.59 Å². The first-order chi connectivity index (χ1) is 16.5. The second kappa shape index (κ2) is 25.0. The summed E-state index contributed by atoms with van der Waals surface area (Å²) < 4.78 is 10.6. The van der Waals surface area contributed by atoms with Crippen molar-refractivity contribution in [3.05, 3.63) is 0 Å². The first-order valence-electron chi connectivity index (χ1n) is 14.8. The third kappa shape index (κ3) is 25.6. The summed E-state index contributed by atoms with van der Waals surface area (Å²) in [6, 6.07) is 0. The lowest BCUT2D eigenvalue weighted by atomic mass is 10.0. The van der Waals surface area contributed by atoms with E-state index in [1.54, 1.807) is 0 Å². The van der Waals surface area contributed by atoms with E-state index in [0.29, 0.717) is 12.5 Å². The summed E-state index contributed by atoms with van der Waals surface area (Å²) in [6.07, 6.45) is 24.5. The average Bonchev–Trinajstić information content (AvgIpc) is 2.79. The van der Waals surface area contributed by atoms with E-state index in [1.807, 2.05) is 6.92 Å². The third-order valence-corrected chi connectivity index (χ3v) is 6.52. The largest absolute Gasteiger partial charge is 0.466 e. The van der Waals surface area contributed by atoms with E-state index in [1.165, 1.54) is 89.9 Å². The second-order valence-corrected chi connectivity index (χ2v) is 10.6. The van der Waals surface area contributed by atoms with E-state index in [4.69, 9.17) is 9.47 Å². The Hall–Kier alpha value is -1.06. The van der Waals surface area contributed by atoms with Crippen LogP contribution in [0.5, 0.6) is 0 Å². The number of ether oxygens (including phenoxy) is 2. The van der Waals surface area contributed by atoms with Gasteiger partial charge < -0.3 is 9.47 Å². The van der Waals surface area contributed by atoms with Crippen LogP contribution in [-0.4, -0.2) is 24.6 Å². The minimum Gasteiger partial charge on any atom is -0.466 e.